The van der Waals surface area contributed by atoms with Crippen LogP contribution in [-0.4, -0.2) is 5.91 Å². The molecule has 0 aromatic heterocycles. The molecule has 1 amide bonds. The number of carbonyl (C=O) groups excluding carboxylic acids is 1. The summed E-state index contributed by atoms with van der Waals surface area (Å²) in [5.41, 5.74) is 2.08. The Bertz CT molecular complexity index is 553. The molecule has 1 N–H and O–H groups in total. The first-order valence-electron chi connectivity index (χ1n) is 12.1. The van der Waals surface area contributed by atoms with E-state index >= 15 is 0 Å². The van der Waals surface area contributed by atoms with Gasteiger partial charge in [0.1, 0.15) is 0 Å². The van der Waals surface area contributed by atoms with Gasteiger partial charge in [-0.15, -0.1) is 0 Å². The molecule has 0 saturated heterocycles. The summed E-state index contributed by atoms with van der Waals surface area (Å²) < 4.78 is 0. The van der Waals surface area contributed by atoms with Crippen LogP contribution in [0, 0.1) is 18.8 Å². The van der Waals surface area contributed by atoms with Crippen molar-refractivity contribution >= 4 is 11.6 Å². The number of hydrogen-bond acceptors (Lipinski definition) is 1. The highest BCUT2D eigenvalue weighted by Crippen LogP contribution is 2.45. The highest BCUT2D eigenvalue weighted by atomic mass is 16.1. The fourth-order valence-electron chi connectivity index (χ4n) is 4.35. The number of unbranched alkanes of at least 4 members (excludes halogenated alkanes) is 9. The summed E-state index contributed by atoms with van der Waals surface area (Å²) in [4.78, 5) is 12.0. The lowest BCUT2D eigenvalue weighted by atomic mass is 10.0. The predicted octanol–water partition coefficient (Wildman–Crippen LogP) is 8.05. The summed E-state index contributed by atoms with van der Waals surface area (Å²) in [5.74, 6) is 2.27. The third-order valence-corrected chi connectivity index (χ3v) is 6.40. The van der Waals surface area contributed by atoms with E-state index in [0.29, 0.717) is 6.42 Å². The van der Waals surface area contributed by atoms with Crippen LogP contribution in [-0.2, 0) is 4.79 Å². The van der Waals surface area contributed by atoms with Crippen LogP contribution < -0.4 is 5.32 Å². The lowest BCUT2D eigenvalue weighted by molar-refractivity contribution is -0.116. The Labute approximate surface area is 173 Å². The van der Waals surface area contributed by atoms with E-state index in [4.69, 9.17) is 0 Å². The van der Waals surface area contributed by atoms with Gasteiger partial charge in [0.15, 0.2) is 0 Å². The molecule has 28 heavy (non-hydrogen) atoms. The Morgan fingerprint density at radius 3 is 2.07 bits per heavy atom. The summed E-state index contributed by atoms with van der Waals surface area (Å²) >= 11 is 0. The number of aryl methyl sites for hydroxylation is 1. The molecular weight excluding hydrogens is 342 g/mol. The minimum atomic E-state index is 0.157. The molecule has 0 unspecified atom stereocenters. The van der Waals surface area contributed by atoms with Gasteiger partial charge < -0.3 is 5.32 Å². The molecule has 2 heteroatoms. The predicted molar refractivity (Wildman–Crippen MR) is 122 cm³/mol. The van der Waals surface area contributed by atoms with Crippen molar-refractivity contribution in [2.24, 2.45) is 11.8 Å². The zero-order valence-corrected chi connectivity index (χ0v) is 18.5. The maximum Gasteiger partial charge on any atom is 0.224 e. The van der Waals surface area contributed by atoms with Gasteiger partial charge in [0.2, 0.25) is 5.91 Å². The first kappa shape index (κ1) is 23.0. The molecule has 1 aliphatic carbocycles. The first-order chi connectivity index (χ1) is 13.7. The Hall–Kier alpha value is -1.31. The van der Waals surface area contributed by atoms with Crippen molar-refractivity contribution in [1.29, 1.82) is 0 Å². The Balaban J connectivity index is 1.37. The third kappa shape index (κ3) is 9.75. The SMILES string of the molecule is CCCCCCCC[C@H]1C[C@H]1CCCCCCCC(=O)Nc1ccccc1C. The molecule has 1 saturated carbocycles. The van der Waals surface area contributed by atoms with Gasteiger partial charge in [0, 0.05) is 12.1 Å². The zero-order chi connectivity index (χ0) is 20.0. The highest BCUT2D eigenvalue weighted by Gasteiger charge is 2.34. The van der Waals surface area contributed by atoms with Gasteiger partial charge in [0.05, 0.1) is 0 Å². The van der Waals surface area contributed by atoms with E-state index in [1.54, 1.807) is 0 Å². The van der Waals surface area contributed by atoms with Crippen LogP contribution >= 0.6 is 0 Å². The van der Waals surface area contributed by atoms with E-state index in [1.165, 1.54) is 83.5 Å². The maximum atomic E-state index is 12.0. The molecule has 1 aromatic carbocycles. The Morgan fingerprint density at radius 1 is 0.857 bits per heavy atom. The molecule has 1 fully saturated rings. The number of hydrogen-bond donors (Lipinski definition) is 1. The van der Waals surface area contributed by atoms with Crippen molar-refractivity contribution in [3.05, 3.63) is 29.8 Å². The number of nitrogens with one attached hydrogen (secondary N) is 1. The van der Waals surface area contributed by atoms with E-state index < -0.39 is 0 Å². The molecule has 1 aromatic rings. The van der Waals surface area contributed by atoms with E-state index in [9.17, 15) is 4.79 Å². The van der Waals surface area contributed by atoms with Gasteiger partial charge in [-0.05, 0) is 43.2 Å². The number of amides is 1. The topological polar surface area (TPSA) is 29.1 Å². The largest absolute Gasteiger partial charge is 0.326 e. The average Bonchev–Trinajstić information content (AvgIpc) is 3.44. The van der Waals surface area contributed by atoms with E-state index in [0.717, 1.165) is 29.5 Å². The molecular formula is C26H43NO. The Kier molecular flexibility index (Phi) is 11.3. The van der Waals surface area contributed by atoms with Gasteiger partial charge in [-0.3, -0.25) is 4.79 Å². The summed E-state index contributed by atoms with van der Waals surface area (Å²) in [6.07, 6.45) is 19.9. The van der Waals surface area contributed by atoms with Crippen molar-refractivity contribution < 1.29 is 4.79 Å². The smallest absolute Gasteiger partial charge is 0.224 e. The van der Waals surface area contributed by atoms with Crippen molar-refractivity contribution in [2.45, 2.75) is 110 Å². The molecule has 0 bridgehead atoms. The van der Waals surface area contributed by atoms with Crippen LogP contribution in [0.25, 0.3) is 0 Å². The molecule has 2 nitrogen and oxygen atoms in total. The fourth-order valence-corrected chi connectivity index (χ4v) is 4.35. The highest BCUT2D eigenvalue weighted by molar-refractivity contribution is 5.91. The third-order valence-electron chi connectivity index (χ3n) is 6.40. The van der Waals surface area contributed by atoms with Gasteiger partial charge in [-0.1, -0.05) is 102 Å². The number of anilines is 1. The minimum absolute atomic E-state index is 0.157. The van der Waals surface area contributed by atoms with E-state index in [-0.39, 0.29) is 5.91 Å². The maximum absolute atomic E-state index is 12.0. The molecule has 0 aliphatic heterocycles. The Morgan fingerprint density at radius 2 is 1.43 bits per heavy atom. The molecule has 1 aliphatic rings. The number of benzene rings is 1. The number of carbonyl (C=O) groups is 1. The van der Waals surface area contributed by atoms with E-state index in [1.807, 2.05) is 31.2 Å². The van der Waals surface area contributed by atoms with Crippen LogP contribution in [0.3, 0.4) is 0 Å². The van der Waals surface area contributed by atoms with Gasteiger partial charge >= 0.3 is 0 Å². The second-order valence-electron chi connectivity index (χ2n) is 8.98. The van der Waals surface area contributed by atoms with Gasteiger partial charge in [-0.2, -0.15) is 0 Å². The van der Waals surface area contributed by atoms with Crippen LogP contribution in [0.15, 0.2) is 24.3 Å². The number of rotatable bonds is 16. The quantitative estimate of drug-likeness (QED) is 0.286. The van der Waals surface area contributed by atoms with Crippen LogP contribution in [0.1, 0.15) is 109 Å². The number of para-hydroxylation sites is 1. The monoisotopic (exact) mass is 385 g/mol. The summed E-state index contributed by atoms with van der Waals surface area (Å²) in [5, 5.41) is 3.03. The molecule has 2 atom stereocenters. The normalized spacial score (nSPS) is 18.2. The van der Waals surface area contributed by atoms with Crippen molar-refractivity contribution in [3.8, 4) is 0 Å². The summed E-state index contributed by atoms with van der Waals surface area (Å²) in [6.45, 7) is 4.33. The lowest BCUT2D eigenvalue weighted by Gasteiger charge is -2.08. The minimum Gasteiger partial charge on any atom is -0.326 e. The molecule has 2 rings (SSSR count). The lowest BCUT2D eigenvalue weighted by Crippen LogP contribution is -2.11. The molecule has 158 valence electrons. The second kappa shape index (κ2) is 13.8. The zero-order valence-electron chi connectivity index (χ0n) is 18.5. The van der Waals surface area contributed by atoms with Crippen LogP contribution in [0.4, 0.5) is 5.69 Å². The summed E-state index contributed by atoms with van der Waals surface area (Å²) in [7, 11) is 0. The van der Waals surface area contributed by atoms with Crippen LogP contribution in [0.2, 0.25) is 0 Å². The van der Waals surface area contributed by atoms with Crippen molar-refractivity contribution in [1.82, 2.24) is 0 Å². The van der Waals surface area contributed by atoms with Crippen molar-refractivity contribution in [2.75, 3.05) is 5.32 Å². The van der Waals surface area contributed by atoms with Gasteiger partial charge in [-0.25, -0.2) is 0 Å². The molecule has 0 spiro atoms. The second-order valence-corrected chi connectivity index (χ2v) is 8.98. The first-order valence-corrected chi connectivity index (χ1v) is 12.1. The van der Waals surface area contributed by atoms with Crippen molar-refractivity contribution in [3.63, 3.8) is 0 Å². The standard InChI is InChI=1S/C26H43NO/c1-3-4-5-6-8-11-17-23-21-24(23)18-12-9-7-10-13-20-26(28)27-25-19-15-14-16-22(25)2/h14-16,19,23-24H,3-13,17-18,20-21H2,1-2H3,(H,27,28)/t23-,24+/m0/s1. The average molecular weight is 386 g/mol. The van der Waals surface area contributed by atoms with E-state index in [2.05, 4.69) is 12.2 Å². The van der Waals surface area contributed by atoms with Gasteiger partial charge in [0.25, 0.3) is 0 Å². The van der Waals surface area contributed by atoms with Crippen LogP contribution in [0.5, 0.6) is 0 Å². The molecule has 0 heterocycles. The summed E-state index contributed by atoms with van der Waals surface area (Å²) in [6, 6.07) is 7.99. The molecule has 0 radical (unpaired) electrons. The fraction of sp³-hybridized carbons (Fsp3) is 0.731.